The van der Waals surface area contributed by atoms with Gasteiger partial charge >= 0.3 is 5.97 Å². The molecule has 0 aromatic carbocycles. The van der Waals surface area contributed by atoms with Gasteiger partial charge in [-0.25, -0.2) is 19.9 Å². The van der Waals surface area contributed by atoms with E-state index >= 15 is 4.39 Å². The number of carboxylic acids is 1. The van der Waals surface area contributed by atoms with Crippen molar-refractivity contribution in [3.05, 3.63) is 41.8 Å². The number of carboxylic acid groups (broad SMARTS) is 1. The van der Waals surface area contributed by atoms with Crippen molar-refractivity contribution in [2.24, 2.45) is 17.8 Å². The Hall–Kier alpha value is -3.93. The van der Waals surface area contributed by atoms with E-state index in [1.165, 1.54) is 6.20 Å². The molecule has 0 radical (unpaired) electrons. The predicted molar refractivity (Wildman–Crippen MR) is 152 cm³/mol. The van der Waals surface area contributed by atoms with Crippen LogP contribution in [0.15, 0.2) is 35.2 Å². The van der Waals surface area contributed by atoms with E-state index in [0.717, 1.165) is 31.6 Å². The molecule has 0 spiro atoms. The third kappa shape index (κ3) is 4.83. The number of furan rings is 1. The fourth-order valence-electron chi connectivity index (χ4n) is 6.83. The quantitative estimate of drug-likeness (QED) is 0.291. The van der Waals surface area contributed by atoms with E-state index in [4.69, 9.17) is 16.0 Å². The standard InChI is InChI=1S/C28H30ClFN8O3/c29-19-14-32-26-23(33-19)18(13-31-26)24-35-25(34-22-16-4-1-3-15(11-16)12-17(22)28(39)40)21(30)27(36-24)38-8-6-37(7-9-38)20-5-2-10-41-20/h2,5,10,13-17,22H,1,3-4,6-9,11-12H2,(H,31,32)(H,39,40)(H,34,35,36)/t15?,16?,17-,22-/m0/s1. The zero-order valence-corrected chi connectivity index (χ0v) is 23.0. The number of anilines is 3. The normalized spacial score (nSPS) is 24.5. The maximum Gasteiger partial charge on any atom is 0.308 e. The summed E-state index contributed by atoms with van der Waals surface area (Å²) in [6, 6.07) is 3.32. The number of fused-ring (bicyclic) bond motifs is 3. The van der Waals surface area contributed by atoms with Crippen LogP contribution in [0.1, 0.15) is 32.1 Å². The van der Waals surface area contributed by atoms with Crippen molar-refractivity contribution >= 4 is 46.3 Å². The molecule has 41 heavy (non-hydrogen) atoms. The SMILES string of the molecule is O=C(O)[C@H]1CC2CCCC(C2)[C@@H]1Nc1nc(-c2c[nH]c3ncc(Cl)nc23)nc(N2CCN(c3ccco3)CC2)c1F. The lowest BCUT2D eigenvalue weighted by Gasteiger charge is -2.44. The highest BCUT2D eigenvalue weighted by atomic mass is 35.5. The topological polar surface area (TPSA) is 136 Å². The van der Waals surface area contributed by atoms with Crippen molar-refractivity contribution in [2.45, 2.75) is 38.1 Å². The fraction of sp³-hybridized carbons (Fsp3) is 0.464. The van der Waals surface area contributed by atoms with E-state index in [2.05, 4.69) is 35.1 Å². The minimum absolute atomic E-state index is 0.00285. The van der Waals surface area contributed by atoms with E-state index in [0.29, 0.717) is 55.2 Å². The van der Waals surface area contributed by atoms with Crippen LogP contribution in [0.25, 0.3) is 22.6 Å². The number of halogens is 2. The number of nitrogens with zero attached hydrogens (tertiary/aromatic N) is 6. The Morgan fingerprint density at radius 3 is 2.76 bits per heavy atom. The molecule has 2 bridgehead atoms. The second kappa shape index (κ2) is 10.5. The van der Waals surface area contributed by atoms with Crippen LogP contribution in [0.5, 0.6) is 0 Å². The van der Waals surface area contributed by atoms with E-state index in [9.17, 15) is 9.90 Å². The van der Waals surface area contributed by atoms with E-state index in [1.807, 2.05) is 17.0 Å². The second-order valence-corrected chi connectivity index (χ2v) is 11.6. The summed E-state index contributed by atoms with van der Waals surface area (Å²) in [6.45, 7) is 2.27. The number of carbonyl (C=O) groups is 1. The molecule has 7 rings (SSSR count). The van der Waals surface area contributed by atoms with Gasteiger partial charge in [-0.1, -0.05) is 24.4 Å². The number of H-pyrrole nitrogens is 1. The highest BCUT2D eigenvalue weighted by Gasteiger charge is 2.44. The number of piperazine rings is 1. The molecule has 3 aliphatic rings. The van der Waals surface area contributed by atoms with Gasteiger partial charge in [0.25, 0.3) is 0 Å². The smallest absolute Gasteiger partial charge is 0.308 e. The van der Waals surface area contributed by atoms with Crippen LogP contribution in [0.3, 0.4) is 0 Å². The van der Waals surface area contributed by atoms with Crippen molar-refractivity contribution < 1.29 is 18.7 Å². The summed E-state index contributed by atoms with van der Waals surface area (Å²) in [7, 11) is 0. The molecule has 0 amide bonds. The third-order valence-electron chi connectivity index (χ3n) is 8.80. The number of hydrogen-bond acceptors (Lipinski definition) is 9. The summed E-state index contributed by atoms with van der Waals surface area (Å²) in [5.74, 6) is -0.343. The molecule has 5 heterocycles. The van der Waals surface area contributed by atoms with Gasteiger partial charge in [-0.05, 0) is 37.2 Å². The van der Waals surface area contributed by atoms with E-state index in [1.54, 1.807) is 12.5 Å². The van der Waals surface area contributed by atoms with E-state index < -0.39 is 23.7 Å². The number of hydrogen-bond donors (Lipinski definition) is 3. The van der Waals surface area contributed by atoms with Gasteiger partial charge in [-0.2, -0.15) is 4.39 Å². The molecule has 3 fully saturated rings. The molecular formula is C28H30ClFN8O3. The molecule has 4 atom stereocenters. The average Bonchev–Trinajstić information content (AvgIpc) is 3.66. The summed E-state index contributed by atoms with van der Waals surface area (Å²) in [4.78, 5) is 37.4. The number of nitrogens with one attached hydrogen (secondary N) is 2. The van der Waals surface area contributed by atoms with Crippen molar-refractivity contribution in [1.29, 1.82) is 0 Å². The van der Waals surface area contributed by atoms with Crippen molar-refractivity contribution in [3.8, 4) is 11.4 Å². The van der Waals surface area contributed by atoms with Gasteiger partial charge in [-0.3, -0.25) is 4.79 Å². The minimum atomic E-state index is -0.857. The Balaban J connectivity index is 1.28. The van der Waals surface area contributed by atoms with Crippen LogP contribution < -0.4 is 15.1 Å². The number of aliphatic carboxylic acids is 1. The van der Waals surface area contributed by atoms with Gasteiger partial charge in [0.05, 0.1) is 23.9 Å². The monoisotopic (exact) mass is 580 g/mol. The lowest BCUT2D eigenvalue weighted by molar-refractivity contribution is -0.145. The molecule has 11 nitrogen and oxygen atoms in total. The molecule has 3 N–H and O–H groups in total. The fourth-order valence-corrected chi connectivity index (χ4v) is 6.96. The molecule has 4 aromatic heterocycles. The van der Waals surface area contributed by atoms with Crippen molar-refractivity contribution in [1.82, 2.24) is 24.9 Å². The number of aromatic nitrogens is 5. The molecule has 1 saturated heterocycles. The molecular weight excluding hydrogens is 551 g/mol. The molecule has 1 aliphatic heterocycles. The first-order valence-electron chi connectivity index (χ1n) is 14.0. The van der Waals surface area contributed by atoms with Crippen LogP contribution in [0, 0.1) is 23.6 Å². The van der Waals surface area contributed by atoms with Gasteiger partial charge in [0.15, 0.2) is 29.0 Å². The molecule has 214 valence electrons. The first kappa shape index (κ1) is 26.0. The zero-order chi connectivity index (χ0) is 28.1. The Morgan fingerprint density at radius 2 is 1.98 bits per heavy atom. The Kier molecular flexibility index (Phi) is 6.64. The first-order valence-corrected chi connectivity index (χ1v) is 14.4. The Labute approximate surface area is 240 Å². The highest BCUT2D eigenvalue weighted by Crippen LogP contribution is 2.44. The van der Waals surface area contributed by atoms with Crippen LogP contribution in [0.2, 0.25) is 5.15 Å². The van der Waals surface area contributed by atoms with Gasteiger partial charge < -0.3 is 29.6 Å². The van der Waals surface area contributed by atoms with Crippen LogP contribution >= 0.6 is 11.6 Å². The second-order valence-electron chi connectivity index (χ2n) is 11.2. The van der Waals surface area contributed by atoms with Crippen LogP contribution in [-0.4, -0.2) is 68.2 Å². The molecule has 2 saturated carbocycles. The van der Waals surface area contributed by atoms with Gasteiger partial charge in [0.1, 0.15) is 10.7 Å². The number of rotatable bonds is 6. The maximum atomic E-state index is 16.4. The largest absolute Gasteiger partial charge is 0.481 e. The van der Waals surface area contributed by atoms with Gasteiger partial charge in [0.2, 0.25) is 5.82 Å². The number of aromatic amines is 1. The molecule has 4 aromatic rings. The van der Waals surface area contributed by atoms with Crippen LogP contribution in [-0.2, 0) is 4.79 Å². The maximum absolute atomic E-state index is 16.4. The predicted octanol–water partition coefficient (Wildman–Crippen LogP) is 4.82. The van der Waals surface area contributed by atoms with Crippen LogP contribution in [0.4, 0.5) is 21.9 Å². The Bertz CT molecular complexity index is 1570. The summed E-state index contributed by atoms with van der Waals surface area (Å²) >= 11 is 6.15. The summed E-state index contributed by atoms with van der Waals surface area (Å²) < 4.78 is 21.9. The lowest BCUT2D eigenvalue weighted by atomic mass is 9.65. The lowest BCUT2D eigenvalue weighted by Crippen LogP contribution is -2.48. The van der Waals surface area contributed by atoms with Gasteiger partial charge in [-0.15, -0.1) is 0 Å². The summed E-state index contributed by atoms with van der Waals surface area (Å²) in [6.07, 6.45) is 9.31. The van der Waals surface area contributed by atoms with Crippen molar-refractivity contribution in [2.75, 3.05) is 41.3 Å². The minimum Gasteiger partial charge on any atom is -0.481 e. The Morgan fingerprint density at radius 1 is 1.15 bits per heavy atom. The molecule has 2 aliphatic carbocycles. The molecule has 13 heteroatoms. The highest BCUT2D eigenvalue weighted by molar-refractivity contribution is 6.29. The summed E-state index contributed by atoms with van der Waals surface area (Å²) in [5, 5.41) is 13.6. The average molecular weight is 581 g/mol. The third-order valence-corrected chi connectivity index (χ3v) is 8.98. The zero-order valence-electron chi connectivity index (χ0n) is 22.3. The molecule has 2 unspecified atom stereocenters. The summed E-state index contributed by atoms with van der Waals surface area (Å²) in [5.41, 5.74) is 1.51. The first-order chi connectivity index (χ1) is 19.9. The van der Waals surface area contributed by atoms with Crippen molar-refractivity contribution in [3.63, 3.8) is 0 Å². The van der Waals surface area contributed by atoms with Gasteiger partial charge in [0, 0.05) is 44.5 Å². The van der Waals surface area contributed by atoms with E-state index in [-0.39, 0.29) is 28.5 Å².